The van der Waals surface area contributed by atoms with Crippen LogP contribution < -0.4 is 11.1 Å². The lowest BCUT2D eigenvalue weighted by Crippen LogP contribution is -2.48. The third-order valence-electron chi connectivity index (χ3n) is 5.27. The van der Waals surface area contributed by atoms with Gasteiger partial charge in [0.15, 0.2) is 0 Å². The Labute approximate surface area is 122 Å². The zero-order chi connectivity index (χ0) is 14.5. The maximum absolute atomic E-state index is 12.1. The van der Waals surface area contributed by atoms with Gasteiger partial charge in [-0.25, -0.2) is 0 Å². The minimum absolute atomic E-state index is 0.0628. The molecule has 0 spiro atoms. The summed E-state index contributed by atoms with van der Waals surface area (Å²) >= 11 is 0. The third kappa shape index (κ3) is 4.19. The first-order chi connectivity index (χ1) is 9.58. The fourth-order valence-corrected chi connectivity index (χ4v) is 3.79. The number of hydrogen-bond acceptors (Lipinski definition) is 3. The van der Waals surface area contributed by atoms with E-state index in [1.165, 1.54) is 12.8 Å². The maximum atomic E-state index is 12.1. The largest absolute Gasteiger partial charge is 0.396 e. The molecule has 4 N–H and O–H groups in total. The SMILES string of the molecule is NC1(CC(=O)NCC2(CO)CCCCC2)CCCCC1. The summed E-state index contributed by atoms with van der Waals surface area (Å²) in [5.74, 6) is 0.0628. The number of amides is 1. The van der Waals surface area contributed by atoms with Gasteiger partial charge in [0.05, 0.1) is 6.61 Å². The summed E-state index contributed by atoms with van der Waals surface area (Å²) < 4.78 is 0. The predicted molar refractivity (Wildman–Crippen MR) is 80.2 cm³/mol. The van der Waals surface area contributed by atoms with E-state index in [0.717, 1.165) is 51.4 Å². The van der Waals surface area contributed by atoms with Crippen molar-refractivity contribution in [1.29, 1.82) is 0 Å². The number of hydrogen-bond donors (Lipinski definition) is 3. The molecular weight excluding hydrogens is 252 g/mol. The van der Waals surface area contributed by atoms with Gasteiger partial charge in [0.2, 0.25) is 5.91 Å². The van der Waals surface area contributed by atoms with Crippen molar-refractivity contribution >= 4 is 5.91 Å². The molecule has 2 aliphatic carbocycles. The highest BCUT2D eigenvalue weighted by Crippen LogP contribution is 2.35. The van der Waals surface area contributed by atoms with E-state index >= 15 is 0 Å². The fourth-order valence-electron chi connectivity index (χ4n) is 3.79. The Balaban J connectivity index is 1.79. The van der Waals surface area contributed by atoms with Gasteiger partial charge >= 0.3 is 0 Å². The van der Waals surface area contributed by atoms with Crippen LogP contribution in [0.2, 0.25) is 0 Å². The molecule has 0 unspecified atom stereocenters. The molecule has 2 saturated carbocycles. The van der Waals surface area contributed by atoms with Crippen LogP contribution in [0.5, 0.6) is 0 Å². The molecule has 4 nitrogen and oxygen atoms in total. The molecular formula is C16H30N2O2. The molecule has 0 aromatic carbocycles. The van der Waals surface area contributed by atoms with Crippen LogP contribution in [0.15, 0.2) is 0 Å². The van der Waals surface area contributed by atoms with E-state index in [9.17, 15) is 9.90 Å². The van der Waals surface area contributed by atoms with Crippen LogP contribution in [-0.2, 0) is 4.79 Å². The summed E-state index contributed by atoms with van der Waals surface area (Å²) in [5, 5.41) is 12.7. The Morgan fingerprint density at radius 2 is 1.55 bits per heavy atom. The maximum Gasteiger partial charge on any atom is 0.221 e. The van der Waals surface area contributed by atoms with Crippen LogP contribution in [0.25, 0.3) is 0 Å². The minimum Gasteiger partial charge on any atom is -0.396 e. The first kappa shape index (κ1) is 15.8. The minimum atomic E-state index is -0.290. The molecule has 0 radical (unpaired) electrons. The monoisotopic (exact) mass is 282 g/mol. The second-order valence-electron chi connectivity index (χ2n) is 7.10. The molecule has 0 atom stereocenters. The quantitative estimate of drug-likeness (QED) is 0.723. The molecule has 2 aliphatic rings. The standard InChI is InChI=1S/C16H30N2O2/c17-16(9-5-2-6-10-16)11-14(20)18-12-15(13-19)7-3-1-4-8-15/h19H,1-13,17H2,(H,18,20). The summed E-state index contributed by atoms with van der Waals surface area (Å²) in [6.45, 7) is 0.791. The topological polar surface area (TPSA) is 75.4 Å². The summed E-state index contributed by atoms with van der Waals surface area (Å²) in [6, 6.07) is 0. The van der Waals surface area contributed by atoms with E-state index in [-0.39, 0.29) is 23.5 Å². The molecule has 0 bridgehead atoms. The van der Waals surface area contributed by atoms with Crippen LogP contribution in [0.4, 0.5) is 0 Å². The lowest BCUT2D eigenvalue weighted by atomic mass is 9.74. The molecule has 0 aromatic heterocycles. The molecule has 2 rings (SSSR count). The zero-order valence-corrected chi connectivity index (χ0v) is 12.6. The van der Waals surface area contributed by atoms with Crippen molar-refractivity contribution in [2.75, 3.05) is 13.2 Å². The van der Waals surface area contributed by atoms with Gasteiger partial charge in [0.1, 0.15) is 0 Å². The normalized spacial score (nSPS) is 25.1. The van der Waals surface area contributed by atoms with E-state index in [2.05, 4.69) is 5.32 Å². The molecule has 0 heterocycles. The predicted octanol–water partition coefficient (Wildman–Crippen LogP) is 2.10. The second-order valence-corrected chi connectivity index (χ2v) is 7.10. The Morgan fingerprint density at radius 1 is 1.00 bits per heavy atom. The van der Waals surface area contributed by atoms with Gasteiger partial charge < -0.3 is 16.2 Å². The van der Waals surface area contributed by atoms with Crippen LogP contribution in [0, 0.1) is 5.41 Å². The highest BCUT2D eigenvalue weighted by molar-refractivity contribution is 5.77. The van der Waals surface area contributed by atoms with E-state index in [1.807, 2.05) is 0 Å². The molecule has 0 aliphatic heterocycles. The van der Waals surface area contributed by atoms with Gasteiger partial charge in [0.25, 0.3) is 0 Å². The summed E-state index contributed by atoms with van der Waals surface area (Å²) in [6.07, 6.45) is 11.5. The zero-order valence-electron chi connectivity index (χ0n) is 12.6. The number of rotatable bonds is 5. The fraction of sp³-hybridized carbons (Fsp3) is 0.938. The highest BCUT2D eigenvalue weighted by Gasteiger charge is 2.33. The van der Waals surface area contributed by atoms with Gasteiger partial charge in [0, 0.05) is 23.9 Å². The lowest BCUT2D eigenvalue weighted by molar-refractivity contribution is -0.123. The first-order valence-corrected chi connectivity index (χ1v) is 8.24. The average molecular weight is 282 g/mol. The molecule has 116 valence electrons. The second kappa shape index (κ2) is 6.90. The average Bonchev–Trinajstić information content (AvgIpc) is 2.46. The smallest absolute Gasteiger partial charge is 0.221 e. The number of aliphatic hydroxyl groups excluding tert-OH is 1. The van der Waals surface area contributed by atoms with E-state index in [0.29, 0.717) is 13.0 Å². The van der Waals surface area contributed by atoms with E-state index in [4.69, 9.17) is 5.73 Å². The van der Waals surface area contributed by atoms with Gasteiger partial charge in [-0.15, -0.1) is 0 Å². The van der Waals surface area contributed by atoms with Crippen molar-refractivity contribution in [2.45, 2.75) is 76.2 Å². The highest BCUT2D eigenvalue weighted by atomic mass is 16.3. The van der Waals surface area contributed by atoms with Crippen LogP contribution in [0.1, 0.15) is 70.6 Å². The molecule has 4 heteroatoms. The molecule has 0 saturated heterocycles. The number of aliphatic hydroxyl groups is 1. The van der Waals surface area contributed by atoms with Crippen LogP contribution in [0.3, 0.4) is 0 Å². The van der Waals surface area contributed by atoms with E-state index < -0.39 is 0 Å². The Bertz CT molecular complexity index is 318. The molecule has 0 aromatic rings. The van der Waals surface area contributed by atoms with Gasteiger partial charge in [-0.05, 0) is 25.7 Å². The van der Waals surface area contributed by atoms with Crippen molar-refractivity contribution in [3.63, 3.8) is 0 Å². The Morgan fingerprint density at radius 3 is 2.10 bits per heavy atom. The van der Waals surface area contributed by atoms with Gasteiger partial charge in [-0.1, -0.05) is 38.5 Å². The lowest BCUT2D eigenvalue weighted by Gasteiger charge is -2.37. The van der Waals surface area contributed by atoms with Crippen molar-refractivity contribution in [3.8, 4) is 0 Å². The van der Waals surface area contributed by atoms with Gasteiger partial charge in [-0.2, -0.15) is 0 Å². The number of carbonyl (C=O) groups is 1. The van der Waals surface area contributed by atoms with Crippen molar-refractivity contribution in [3.05, 3.63) is 0 Å². The summed E-state index contributed by atoms with van der Waals surface area (Å²) in [7, 11) is 0. The van der Waals surface area contributed by atoms with Gasteiger partial charge in [-0.3, -0.25) is 4.79 Å². The summed E-state index contributed by atoms with van der Waals surface area (Å²) in [4.78, 5) is 12.1. The van der Waals surface area contributed by atoms with Crippen molar-refractivity contribution < 1.29 is 9.90 Å². The number of nitrogens with one attached hydrogen (secondary N) is 1. The Hall–Kier alpha value is -0.610. The van der Waals surface area contributed by atoms with E-state index in [1.54, 1.807) is 0 Å². The number of nitrogens with two attached hydrogens (primary N) is 1. The summed E-state index contributed by atoms with van der Waals surface area (Å²) in [5.41, 5.74) is 5.95. The third-order valence-corrected chi connectivity index (χ3v) is 5.27. The van der Waals surface area contributed by atoms with Crippen LogP contribution in [-0.4, -0.2) is 29.7 Å². The first-order valence-electron chi connectivity index (χ1n) is 8.24. The van der Waals surface area contributed by atoms with Crippen molar-refractivity contribution in [1.82, 2.24) is 5.32 Å². The van der Waals surface area contributed by atoms with Crippen molar-refractivity contribution in [2.24, 2.45) is 11.1 Å². The Kier molecular flexibility index (Phi) is 5.44. The number of carbonyl (C=O) groups excluding carboxylic acids is 1. The molecule has 1 amide bonds. The molecule has 2 fully saturated rings. The molecule has 20 heavy (non-hydrogen) atoms. The van der Waals surface area contributed by atoms with Crippen LogP contribution >= 0.6 is 0 Å².